The highest BCUT2D eigenvalue weighted by atomic mass is 35.5. The molecule has 0 radical (unpaired) electrons. The Bertz CT molecular complexity index is 921. The van der Waals surface area contributed by atoms with E-state index in [9.17, 15) is 4.79 Å². The molecule has 178 valence electrons. The monoisotopic (exact) mass is 472 g/mol. The van der Waals surface area contributed by atoms with Crippen LogP contribution in [0, 0.1) is 0 Å². The van der Waals surface area contributed by atoms with Gasteiger partial charge in [0.05, 0.1) is 5.69 Å². The zero-order chi connectivity index (χ0) is 21.8. The van der Waals surface area contributed by atoms with Gasteiger partial charge in [0, 0.05) is 52.4 Å². The van der Waals surface area contributed by atoms with Crippen molar-refractivity contribution < 1.29 is 14.3 Å². The number of ether oxygens (including phenoxy) is 2. The van der Waals surface area contributed by atoms with Crippen molar-refractivity contribution >= 4 is 24.1 Å². The number of benzene rings is 2. The minimum Gasteiger partial charge on any atom is -0.486 e. The number of carbonyl (C=O) groups excluding carboxylic acids is 1. The summed E-state index contributed by atoms with van der Waals surface area (Å²) in [7, 11) is 0. The first-order valence-electron chi connectivity index (χ1n) is 11.7. The molecule has 0 aromatic heterocycles. The standard InChI is InChI=1S/C25H32N4O3.ClH/c30-25-28(16-17-29(25)20-21-6-2-1-3-7-21)11-5-10-26-12-14-27(15-13-26)22-8-4-9-23-24(22)32-19-18-31-23;/h1-4,6-9H,5,10-20H2;1H. The summed E-state index contributed by atoms with van der Waals surface area (Å²) in [6.07, 6.45) is 1.02. The highest BCUT2D eigenvalue weighted by molar-refractivity contribution is 5.85. The Morgan fingerprint density at radius 2 is 1.52 bits per heavy atom. The molecule has 5 rings (SSSR count). The zero-order valence-electron chi connectivity index (χ0n) is 19.0. The van der Waals surface area contributed by atoms with Crippen LogP contribution in [0.25, 0.3) is 0 Å². The lowest BCUT2D eigenvalue weighted by atomic mass is 10.2. The normalized spacial score (nSPS) is 18.4. The summed E-state index contributed by atoms with van der Waals surface area (Å²) in [6.45, 7) is 9.47. The van der Waals surface area contributed by atoms with E-state index in [2.05, 4.69) is 28.0 Å². The molecule has 2 aromatic carbocycles. The summed E-state index contributed by atoms with van der Waals surface area (Å²) in [6, 6.07) is 16.6. The molecular formula is C25H33ClN4O3. The Balaban J connectivity index is 0.00000259. The second-order valence-electron chi connectivity index (χ2n) is 8.66. The lowest BCUT2D eigenvalue weighted by Gasteiger charge is -2.37. The first kappa shape index (κ1) is 23.5. The molecule has 0 N–H and O–H groups in total. The smallest absolute Gasteiger partial charge is 0.320 e. The summed E-state index contributed by atoms with van der Waals surface area (Å²) >= 11 is 0. The van der Waals surface area contributed by atoms with E-state index < -0.39 is 0 Å². The number of piperazine rings is 1. The molecular weight excluding hydrogens is 440 g/mol. The van der Waals surface area contributed by atoms with Gasteiger partial charge in [-0.2, -0.15) is 0 Å². The molecule has 2 saturated heterocycles. The van der Waals surface area contributed by atoms with E-state index in [1.807, 2.05) is 40.1 Å². The number of amides is 2. The van der Waals surface area contributed by atoms with Gasteiger partial charge in [-0.1, -0.05) is 36.4 Å². The predicted octanol–water partition coefficient (Wildman–Crippen LogP) is 3.33. The van der Waals surface area contributed by atoms with Gasteiger partial charge < -0.3 is 24.2 Å². The second kappa shape index (κ2) is 11.0. The van der Waals surface area contributed by atoms with Crippen LogP contribution >= 0.6 is 12.4 Å². The Morgan fingerprint density at radius 3 is 2.33 bits per heavy atom. The fraction of sp³-hybridized carbons (Fsp3) is 0.480. The van der Waals surface area contributed by atoms with Crippen LogP contribution in [0.3, 0.4) is 0 Å². The highest BCUT2D eigenvalue weighted by Crippen LogP contribution is 2.39. The van der Waals surface area contributed by atoms with Crippen molar-refractivity contribution in [2.45, 2.75) is 13.0 Å². The van der Waals surface area contributed by atoms with Gasteiger partial charge in [-0.05, 0) is 30.7 Å². The number of hydrogen-bond donors (Lipinski definition) is 0. The highest BCUT2D eigenvalue weighted by Gasteiger charge is 2.28. The van der Waals surface area contributed by atoms with Crippen LogP contribution in [0.1, 0.15) is 12.0 Å². The third-order valence-corrected chi connectivity index (χ3v) is 6.56. The van der Waals surface area contributed by atoms with Crippen molar-refractivity contribution in [3.8, 4) is 11.5 Å². The number of rotatable bonds is 7. The number of carbonyl (C=O) groups is 1. The van der Waals surface area contributed by atoms with Crippen molar-refractivity contribution in [2.24, 2.45) is 0 Å². The summed E-state index contributed by atoms with van der Waals surface area (Å²) in [4.78, 5) is 21.6. The van der Waals surface area contributed by atoms with E-state index in [0.29, 0.717) is 19.8 Å². The van der Waals surface area contributed by atoms with Gasteiger partial charge in [-0.15, -0.1) is 12.4 Å². The molecule has 0 saturated carbocycles. The van der Waals surface area contributed by atoms with E-state index in [1.54, 1.807) is 0 Å². The van der Waals surface area contributed by atoms with Gasteiger partial charge in [-0.25, -0.2) is 4.79 Å². The average Bonchev–Trinajstić information content (AvgIpc) is 3.19. The van der Waals surface area contributed by atoms with Gasteiger partial charge in [0.1, 0.15) is 13.2 Å². The van der Waals surface area contributed by atoms with Crippen LogP contribution in [0.4, 0.5) is 10.5 Å². The Kier molecular flexibility index (Phi) is 7.83. The lowest BCUT2D eigenvalue weighted by Crippen LogP contribution is -2.47. The third-order valence-electron chi connectivity index (χ3n) is 6.56. The Labute approximate surface area is 202 Å². The second-order valence-corrected chi connectivity index (χ2v) is 8.66. The molecule has 3 aliphatic heterocycles. The number of halogens is 1. The predicted molar refractivity (Wildman–Crippen MR) is 132 cm³/mol. The Morgan fingerprint density at radius 1 is 0.758 bits per heavy atom. The summed E-state index contributed by atoms with van der Waals surface area (Å²) < 4.78 is 11.6. The van der Waals surface area contributed by atoms with Gasteiger partial charge >= 0.3 is 6.03 Å². The summed E-state index contributed by atoms with van der Waals surface area (Å²) in [5.74, 6) is 1.74. The number of para-hydroxylation sites is 1. The molecule has 33 heavy (non-hydrogen) atoms. The SMILES string of the molecule is Cl.O=C1N(CCCN2CCN(c3cccc4c3OCCO4)CC2)CCN1Cc1ccccc1. The number of urea groups is 1. The number of hydrogen-bond acceptors (Lipinski definition) is 5. The topological polar surface area (TPSA) is 48.5 Å². The van der Waals surface area contributed by atoms with E-state index in [1.165, 1.54) is 5.56 Å². The molecule has 3 aliphatic rings. The molecule has 0 unspecified atom stereocenters. The number of nitrogens with zero attached hydrogens (tertiary/aromatic N) is 4. The first-order chi connectivity index (χ1) is 15.8. The van der Waals surface area contributed by atoms with E-state index in [4.69, 9.17) is 9.47 Å². The minimum atomic E-state index is 0. The quantitative estimate of drug-likeness (QED) is 0.618. The van der Waals surface area contributed by atoms with Crippen molar-refractivity contribution in [1.29, 1.82) is 0 Å². The number of anilines is 1. The molecule has 7 nitrogen and oxygen atoms in total. The molecule has 8 heteroatoms. The fourth-order valence-corrected chi connectivity index (χ4v) is 4.80. The van der Waals surface area contributed by atoms with E-state index in [-0.39, 0.29) is 18.4 Å². The van der Waals surface area contributed by atoms with Crippen molar-refractivity contribution in [2.75, 3.05) is 70.5 Å². The van der Waals surface area contributed by atoms with Crippen LogP contribution in [-0.4, -0.2) is 86.3 Å². The molecule has 2 aromatic rings. The van der Waals surface area contributed by atoms with Gasteiger partial charge in [-0.3, -0.25) is 4.90 Å². The maximum atomic E-state index is 12.7. The molecule has 2 amide bonds. The van der Waals surface area contributed by atoms with Crippen LogP contribution in [0.5, 0.6) is 11.5 Å². The van der Waals surface area contributed by atoms with Crippen LogP contribution in [0.2, 0.25) is 0 Å². The average molecular weight is 473 g/mol. The summed E-state index contributed by atoms with van der Waals surface area (Å²) in [5, 5.41) is 0. The first-order valence-corrected chi connectivity index (χ1v) is 11.7. The fourth-order valence-electron chi connectivity index (χ4n) is 4.80. The molecule has 2 fully saturated rings. The molecule has 0 aliphatic carbocycles. The maximum absolute atomic E-state index is 12.7. The molecule has 3 heterocycles. The van der Waals surface area contributed by atoms with E-state index >= 15 is 0 Å². The zero-order valence-corrected chi connectivity index (χ0v) is 19.8. The summed E-state index contributed by atoms with van der Waals surface area (Å²) in [5.41, 5.74) is 2.33. The lowest BCUT2D eigenvalue weighted by molar-refractivity contribution is 0.171. The largest absolute Gasteiger partial charge is 0.486 e. The van der Waals surface area contributed by atoms with Crippen LogP contribution < -0.4 is 14.4 Å². The molecule has 0 spiro atoms. The van der Waals surface area contributed by atoms with Crippen molar-refractivity contribution in [3.63, 3.8) is 0 Å². The van der Waals surface area contributed by atoms with Gasteiger partial charge in [0.15, 0.2) is 11.5 Å². The third kappa shape index (κ3) is 5.47. The molecule has 0 bridgehead atoms. The van der Waals surface area contributed by atoms with Crippen molar-refractivity contribution in [3.05, 3.63) is 54.1 Å². The maximum Gasteiger partial charge on any atom is 0.320 e. The van der Waals surface area contributed by atoms with Crippen LogP contribution in [0.15, 0.2) is 48.5 Å². The van der Waals surface area contributed by atoms with Gasteiger partial charge in [0.2, 0.25) is 0 Å². The van der Waals surface area contributed by atoms with Crippen molar-refractivity contribution in [1.82, 2.24) is 14.7 Å². The van der Waals surface area contributed by atoms with E-state index in [0.717, 1.165) is 76.0 Å². The Hall–Kier alpha value is -2.64. The number of fused-ring (bicyclic) bond motifs is 1. The molecule has 0 atom stereocenters. The van der Waals surface area contributed by atoms with Gasteiger partial charge in [0.25, 0.3) is 0 Å². The minimum absolute atomic E-state index is 0. The van der Waals surface area contributed by atoms with Crippen LogP contribution in [-0.2, 0) is 6.54 Å².